The normalized spacial score (nSPS) is 12.5. The number of ketones is 1. The summed E-state index contributed by atoms with van der Waals surface area (Å²) in [5, 5.41) is 0. The third-order valence-corrected chi connectivity index (χ3v) is 3.21. The van der Waals surface area contributed by atoms with Crippen LogP contribution in [0, 0.1) is 5.92 Å². The van der Waals surface area contributed by atoms with Crippen molar-refractivity contribution in [2.24, 2.45) is 5.92 Å². The molecule has 0 amide bonds. The van der Waals surface area contributed by atoms with E-state index in [1.165, 1.54) is 0 Å². The predicted molar refractivity (Wildman–Crippen MR) is 67.0 cm³/mol. The molecule has 82 valence electrons. The number of hydrogen-bond acceptors (Lipinski definition) is 2. The van der Waals surface area contributed by atoms with Gasteiger partial charge in [0, 0.05) is 22.1 Å². The van der Waals surface area contributed by atoms with Crippen LogP contribution in [0.1, 0.15) is 37.0 Å². The molecule has 0 fully saturated rings. The number of rotatable bonds is 4. The zero-order valence-corrected chi connectivity index (χ0v) is 10.7. The molecule has 1 aromatic carbocycles. The molecule has 1 aromatic rings. The predicted octanol–water partition coefficient (Wildman–Crippen LogP) is 3.65. The van der Waals surface area contributed by atoms with Gasteiger partial charge in [-0.3, -0.25) is 4.79 Å². The highest BCUT2D eigenvalue weighted by Crippen LogP contribution is 2.22. The Kier molecular flexibility index (Phi) is 4.33. The largest absolute Gasteiger partial charge is 0.399 e. The highest BCUT2D eigenvalue weighted by molar-refractivity contribution is 9.10. The van der Waals surface area contributed by atoms with Crippen molar-refractivity contribution in [3.05, 3.63) is 28.2 Å². The standard InChI is InChI=1S/C12H16BrNO/c1-3-8(2)6-12(15)10-7-9(14)4-5-11(10)13/h4-5,7-8H,3,6,14H2,1-2H3. The molecule has 0 heterocycles. The highest BCUT2D eigenvalue weighted by Gasteiger charge is 2.13. The fraction of sp³-hybridized carbons (Fsp3) is 0.417. The van der Waals surface area contributed by atoms with E-state index in [2.05, 4.69) is 29.8 Å². The lowest BCUT2D eigenvalue weighted by Gasteiger charge is -2.09. The second-order valence-electron chi connectivity index (χ2n) is 3.88. The number of anilines is 1. The third kappa shape index (κ3) is 3.34. The molecule has 1 unspecified atom stereocenters. The molecule has 0 radical (unpaired) electrons. The molecule has 15 heavy (non-hydrogen) atoms. The van der Waals surface area contributed by atoms with Gasteiger partial charge >= 0.3 is 0 Å². The Labute approximate surface area is 99.0 Å². The van der Waals surface area contributed by atoms with Crippen LogP contribution >= 0.6 is 15.9 Å². The van der Waals surface area contributed by atoms with Crippen LogP contribution in [0.4, 0.5) is 5.69 Å². The minimum absolute atomic E-state index is 0.156. The van der Waals surface area contributed by atoms with E-state index < -0.39 is 0 Å². The van der Waals surface area contributed by atoms with E-state index in [4.69, 9.17) is 5.73 Å². The minimum Gasteiger partial charge on any atom is -0.399 e. The van der Waals surface area contributed by atoms with Gasteiger partial charge in [0.1, 0.15) is 0 Å². The smallest absolute Gasteiger partial charge is 0.164 e. The summed E-state index contributed by atoms with van der Waals surface area (Å²) in [6.07, 6.45) is 1.60. The lowest BCUT2D eigenvalue weighted by atomic mass is 9.98. The van der Waals surface area contributed by atoms with Gasteiger partial charge in [0.2, 0.25) is 0 Å². The molecule has 0 saturated heterocycles. The van der Waals surface area contributed by atoms with Crippen LogP contribution in [-0.4, -0.2) is 5.78 Å². The van der Waals surface area contributed by atoms with Crippen molar-refractivity contribution in [1.29, 1.82) is 0 Å². The Morgan fingerprint density at radius 1 is 1.53 bits per heavy atom. The van der Waals surface area contributed by atoms with Crippen molar-refractivity contribution in [3.8, 4) is 0 Å². The summed E-state index contributed by atoms with van der Waals surface area (Å²) < 4.78 is 0.824. The van der Waals surface area contributed by atoms with Gasteiger partial charge in [-0.05, 0) is 24.1 Å². The van der Waals surface area contributed by atoms with Crippen molar-refractivity contribution in [2.75, 3.05) is 5.73 Å². The first-order chi connectivity index (χ1) is 7.04. The fourth-order valence-electron chi connectivity index (χ4n) is 1.33. The lowest BCUT2D eigenvalue weighted by molar-refractivity contribution is 0.0963. The summed E-state index contributed by atoms with van der Waals surface area (Å²) in [4.78, 5) is 11.9. The third-order valence-electron chi connectivity index (χ3n) is 2.52. The van der Waals surface area contributed by atoms with Gasteiger partial charge in [-0.15, -0.1) is 0 Å². The lowest BCUT2D eigenvalue weighted by Crippen LogP contribution is -2.06. The molecule has 1 rings (SSSR count). The van der Waals surface area contributed by atoms with Crippen LogP contribution in [0.15, 0.2) is 22.7 Å². The highest BCUT2D eigenvalue weighted by atomic mass is 79.9. The molecule has 0 saturated carbocycles. The summed E-state index contributed by atoms with van der Waals surface area (Å²) in [6, 6.07) is 5.33. The Balaban J connectivity index is 2.86. The maximum Gasteiger partial charge on any atom is 0.164 e. The monoisotopic (exact) mass is 269 g/mol. The average Bonchev–Trinajstić information content (AvgIpc) is 2.21. The van der Waals surface area contributed by atoms with Gasteiger partial charge in [0.25, 0.3) is 0 Å². The van der Waals surface area contributed by atoms with Crippen molar-refractivity contribution in [3.63, 3.8) is 0 Å². The summed E-state index contributed by atoms with van der Waals surface area (Å²) in [5.41, 5.74) is 6.98. The van der Waals surface area contributed by atoms with E-state index in [0.29, 0.717) is 23.6 Å². The van der Waals surface area contributed by atoms with E-state index in [-0.39, 0.29) is 5.78 Å². The van der Waals surface area contributed by atoms with E-state index in [1.54, 1.807) is 12.1 Å². The molecule has 0 aromatic heterocycles. The Morgan fingerprint density at radius 2 is 2.20 bits per heavy atom. The van der Waals surface area contributed by atoms with Crippen LogP contribution in [0.5, 0.6) is 0 Å². The topological polar surface area (TPSA) is 43.1 Å². The van der Waals surface area contributed by atoms with Crippen LogP contribution in [0.25, 0.3) is 0 Å². The summed E-state index contributed by atoms with van der Waals surface area (Å²) >= 11 is 3.37. The minimum atomic E-state index is 0.156. The van der Waals surface area contributed by atoms with Crippen LogP contribution in [0.3, 0.4) is 0 Å². The number of Topliss-reactive ketones (excluding diaryl/α,β-unsaturated/α-hetero) is 1. The molecule has 0 spiro atoms. The second kappa shape index (κ2) is 5.31. The molecule has 0 aliphatic heterocycles. The van der Waals surface area contributed by atoms with Gasteiger partial charge < -0.3 is 5.73 Å². The number of hydrogen-bond donors (Lipinski definition) is 1. The second-order valence-corrected chi connectivity index (χ2v) is 4.73. The quantitative estimate of drug-likeness (QED) is 0.670. The van der Waals surface area contributed by atoms with Gasteiger partial charge in [-0.2, -0.15) is 0 Å². The summed E-state index contributed by atoms with van der Waals surface area (Å²) in [7, 11) is 0. The fourth-order valence-corrected chi connectivity index (χ4v) is 1.80. The Morgan fingerprint density at radius 3 is 2.80 bits per heavy atom. The van der Waals surface area contributed by atoms with E-state index in [1.807, 2.05) is 6.07 Å². The first-order valence-electron chi connectivity index (χ1n) is 5.12. The van der Waals surface area contributed by atoms with Gasteiger partial charge in [0.05, 0.1) is 0 Å². The maximum atomic E-state index is 11.9. The molecule has 0 aliphatic carbocycles. The van der Waals surface area contributed by atoms with E-state index in [0.717, 1.165) is 10.9 Å². The van der Waals surface area contributed by atoms with Crippen LogP contribution in [0.2, 0.25) is 0 Å². The number of halogens is 1. The molecule has 1 atom stereocenters. The number of nitrogen functional groups attached to an aromatic ring is 1. The van der Waals surface area contributed by atoms with E-state index >= 15 is 0 Å². The number of carbonyl (C=O) groups is 1. The molecule has 2 nitrogen and oxygen atoms in total. The maximum absolute atomic E-state index is 11.9. The molecule has 2 N–H and O–H groups in total. The number of nitrogens with two attached hydrogens (primary N) is 1. The first-order valence-corrected chi connectivity index (χ1v) is 5.92. The van der Waals surface area contributed by atoms with Crippen molar-refractivity contribution in [1.82, 2.24) is 0 Å². The van der Waals surface area contributed by atoms with Crippen LogP contribution < -0.4 is 5.73 Å². The van der Waals surface area contributed by atoms with Gasteiger partial charge in [-0.25, -0.2) is 0 Å². The Bertz CT molecular complexity index is 363. The first kappa shape index (κ1) is 12.2. The molecular weight excluding hydrogens is 254 g/mol. The molecule has 3 heteroatoms. The molecule has 0 aliphatic rings. The zero-order chi connectivity index (χ0) is 11.4. The van der Waals surface area contributed by atoms with Crippen molar-refractivity contribution >= 4 is 27.4 Å². The number of carbonyl (C=O) groups excluding carboxylic acids is 1. The average molecular weight is 270 g/mol. The van der Waals surface area contributed by atoms with Crippen LogP contribution in [-0.2, 0) is 0 Å². The Hall–Kier alpha value is -0.830. The summed E-state index contributed by atoms with van der Waals surface area (Å²) in [5.74, 6) is 0.578. The zero-order valence-electron chi connectivity index (χ0n) is 9.09. The van der Waals surface area contributed by atoms with Gasteiger partial charge in [-0.1, -0.05) is 36.2 Å². The van der Waals surface area contributed by atoms with Crippen molar-refractivity contribution in [2.45, 2.75) is 26.7 Å². The van der Waals surface area contributed by atoms with E-state index in [9.17, 15) is 4.79 Å². The number of benzene rings is 1. The molecular formula is C12H16BrNO. The van der Waals surface area contributed by atoms with Gasteiger partial charge in [0.15, 0.2) is 5.78 Å². The SMILES string of the molecule is CCC(C)CC(=O)c1cc(N)ccc1Br. The summed E-state index contributed by atoms with van der Waals surface area (Å²) in [6.45, 7) is 4.17. The van der Waals surface area contributed by atoms with Crippen molar-refractivity contribution < 1.29 is 4.79 Å². The molecule has 0 bridgehead atoms.